The molecule has 0 unspecified atom stereocenters. The van der Waals surface area contributed by atoms with E-state index in [2.05, 4.69) is 42.4 Å². The Hall–Kier alpha value is -2.64. The van der Waals surface area contributed by atoms with Gasteiger partial charge in [-0.05, 0) is 63.8 Å². The number of halogens is 2. The highest BCUT2D eigenvalue weighted by Crippen LogP contribution is 2.37. The van der Waals surface area contributed by atoms with Crippen LogP contribution in [0.5, 0.6) is 11.5 Å². The maximum absolute atomic E-state index is 12.1. The standard InChI is InChI=1S/C24H22Br2N2O3/c1-2-30-22-13-19(12-21(26)24(22)31-16-18-6-4-3-5-7-18)15-27-28-23(29)14-17-8-10-20(25)11-9-17/h3-13,15H,2,14,16H2,1H3,(H,28,29)/b27-15+. The molecule has 1 amide bonds. The number of benzene rings is 3. The van der Waals surface area contributed by atoms with Crippen LogP contribution in [0.2, 0.25) is 0 Å². The minimum Gasteiger partial charge on any atom is -0.490 e. The number of carbonyl (C=O) groups is 1. The molecule has 0 saturated heterocycles. The zero-order valence-corrected chi connectivity index (χ0v) is 20.1. The molecular weight excluding hydrogens is 524 g/mol. The number of ether oxygens (including phenoxy) is 2. The molecule has 0 fully saturated rings. The van der Waals surface area contributed by atoms with Gasteiger partial charge in [-0.1, -0.05) is 58.4 Å². The van der Waals surface area contributed by atoms with Gasteiger partial charge in [-0.2, -0.15) is 5.10 Å². The number of hydrogen-bond acceptors (Lipinski definition) is 4. The second-order valence-electron chi connectivity index (χ2n) is 6.63. The van der Waals surface area contributed by atoms with Crippen LogP contribution >= 0.6 is 31.9 Å². The van der Waals surface area contributed by atoms with Crippen molar-refractivity contribution in [3.8, 4) is 11.5 Å². The van der Waals surface area contributed by atoms with Crippen molar-refractivity contribution in [2.45, 2.75) is 20.0 Å². The third kappa shape index (κ3) is 7.22. The largest absolute Gasteiger partial charge is 0.490 e. The van der Waals surface area contributed by atoms with Gasteiger partial charge in [-0.15, -0.1) is 0 Å². The molecule has 0 heterocycles. The van der Waals surface area contributed by atoms with Crippen molar-refractivity contribution in [1.82, 2.24) is 5.43 Å². The first-order valence-corrected chi connectivity index (χ1v) is 11.3. The maximum Gasteiger partial charge on any atom is 0.244 e. The second-order valence-corrected chi connectivity index (χ2v) is 8.40. The van der Waals surface area contributed by atoms with E-state index in [-0.39, 0.29) is 12.3 Å². The predicted octanol–water partition coefficient (Wildman–Crippen LogP) is 5.88. The molecule has 31 heavy (non-hydrogen) atoms. The summed E-state index contributed by atoms with van der Waals surface area (Å²) in [6.07, 6.45) is 1.83. The number of carbonyl (C=O) groups excluding carboxylic acids is 1. The Labute approximate surface area is 198 Å². The average molecular weight is 546 g/mol. The topological polar surface area (TPSA) is 59.9 Å². The lowest BCUT2D eigenvalue weighted by Crippen LogP contribution is -2.19. The van der Waals surface area contributed by atoms with E-state index in [4.69, 9.17) is 9.47 Å². The van der Waals surface area contributed by atoms with Gasteiger partial charge in [-0.25, -0.2) is 5.43 Å². The molecular formula is C24H22Br2N2O3. The fourth-order valence-corrected chi connectivity index (χ4v) is 3.64. The molecule has 0 spiro atoms. The Balaban J connectivity index is 1.65. The molecule has 3 aromatic rings. The molecule has 0 aliphatic heterocycles. The molecule has 3 rings (SSSR count). The third-order valence-corrected chi connectivity index (χ3v) is 5.36. The summed E-state index contributed by atoms with van der Waals surface area (Å²) in [7, 11) is 0. The molecule has 0 bridgehead atoms. The van der Waals surface area contributed by atoms with Crippen molar-refractivity contribution in [1.29, 1.82) is 0 Å². The lowest BCUT2D eigenvalue weighted by atomic mass is 10.1. The van der Waals surface area contributed by atoms with Gasteiger partial charge < -0.3 is 9.47 Å². The van der Waals surface area contributed by atoms with Gasteiger partial charge in [0, 0.05) is 4.47 Å². The Morgan fingerprint density at radius 1 is 1.00 bits per heavy atom. The van der Waals surface area contributed by atoms with Crippen LogP contribution in [-0.2, 0) is 17.8 Å². The summed E-state index contributed by atoms with van der Waals surface area (Å²) in [5.41, 5.74) is 5.31. The first kappa shape index (κ1) is 23.0. The van der Waals surface area contributed by atoms with Gasteiger partial charge in [0.25, 0.3) is 0 Å². The van der Waals surface area contributed by atoms with Crippen LogP contribution in [0, 0.1) is 0 Å². The quantitative estimate of drug-likeness (QED) is 0.270. The first-order valence-electron chi connectivity index (χ1n) is 9.74. The van der Waals surface area contributed by atoms with Crippen LogP contribution < -0.4 is 14.9 Å². The number of hydrogen-bond donors (Lipinski definition) is 1. The van der Waals surface area contributed by atoms with Crippen molar-refractivity contribution < 1.29 is 14.3 Å². The fourth-order valence-electron chi connectivity index (χ4n) is 2.80. The number of hydrazone groups is 1. The molecule has 1 N–H and O–H groups in total. The molecule has 5 nitrogen and oxygen atoms in total. The van der Waals surface area contributed by atoms with Crippen LogP contribution in [0.1, 0.15) is 23.6 Å². The minimum absolute atomic E-state index is 0.189. The highest BCUT2D eigenvalue weighted by Gasteiger charge is 2.12. The molecule has 0 atom stereocenters. The van der Waals surface area contributed by atoms with Gasteiger partial charge >= 0.3 is 0 Å². The van der Waals surface area contributed by atoms with Gasteiger partial charge in [0.05, 0.1) is 23.7 Å². The van der Waals surface area contributed by atoms with Gasteiger partial charge in [-0.3, -0.25) is 4.79 Å². The fraction of sp³-hybridized carbons (Fsp3) is 0.167. The molecule has 0 radical (unpaired) electrons. The van der Waals surface area contributed by atoms with Crippen LogP contribution in [0.4, 0.5) is 0 Å². The predicted molar refractivity (Wildman–Crippen MR) is 130 cm³/mol. The minimum atomic E-state index is -0.189. The highest BCUT2D eigenvalue weighted by atomic mass is 79.9. The van der Waals surface area contributed by atoms with Crippen LogP contribution in [-0.4, -0.2) is 18.7 Å². The summed E-state index contributed by atoms with van der Waals surface area (Å²) in [5.74, 6) is 1.04. The van der Waals surface area contributed by atoms with Gasteiger partial charge in [0.15, 0.2) is 11.5 Å². The van der Waals surface area contributed by atoms with Crippen molar-refractivity contribution in [3.63, 3.8) is 0 Å². The zero-order chi connectivity index (χ0) is 22.1. The normalized spacial score (nSPS) is 10.8. The Morgan fingerprint density at radius 2 is 1.74 bits per heavy atom. The molecule has 0 aromatic heterocycles. The number of rotatable bonds is 9. The van der Waals surface area contributed by atoms with Crippen LogP contribution in [0.15, 0.2) is 80.8 Å². The average Bonchev–Trinajstić information content (AvgIpc) is 2.76. The Kier molecular flexibility index (Phi) is 8.67. The van der Waals surface area contributed by atoms with Crippen molar-refractivity contribution in [2.75, 3.05) is 6.61 Å². The van der Waals surface area contributed by atoms with Crippen molar-refractivity contribution in [2.24, 2.45) is 5.10 Å². The van der Waals surface area contributed by atoms with Crippen molar-refractivity contribution in [3.05, 3.63) is 92.4 Å². The van der Waals surface area contributed by atoms with Crippen molar-refractivity contribution >= 4 is 44.0 Å². The monoisotopic (exact) mass is 544 g/mol. The van der Waals surface area contributed by atoms with Gasteiger partial charge in [0.1, 0.15) is 6.61 Å². The number of nitrogens with one attached hydrogen (secondary N) is 1. The first-order chi connectivity index (χ1) is 15.0. The third-order valence-electron chi connectivity index (χ3n) is 4.24. The van der Waals surface area contributed by atoms with E-state index < -0.39 is 0 Å². The number of amides is 1. The summed E-state index contributed by atoms with van der Waals surface area (Å²) >= 11 is 6.94. The van der Waals surface area contributed by atoms with Gasteiger partial charge in [0.2, 0.25) is 5.91 Å². The molecule has 3 aromatic carbocycles. The zero-order valence-electron chi connectivity index (χ0n) is 17.0. The summed E-state index contributed by atoms with van der Waals surface area (Å²) in [4.78, 5) is 12.1. The van der Waals surface area contributed by atoms with E-state index >= 15 is 0 Å². The summed E-state index contributed by atoms with van der Waals surface area (Å²) < 4.78 is 13.5. The Bertz CT molecular complexity index is 1040. The van der Waals surface area contributed by atoms with E-state index in [9.17, 15) is 4.79 Å². The second kappa shape index (κ2) is 11.7. The van der Waals surface area contributed by atoms with E-state index in [1.165, 1.54) is 0 Å². The van der Waals surface area contributed by atoms with E-state index in [0.29, 0.717) is 24.7 Å². The van der Waals surface area contributed by atoms with Crippen LogP contribution in [0.3, 0.4) is 0 Å². The summed E-state index contributed by atoms with van der Waals surface area (Å²) in [6, 6.07) is 21.2. The van der Waals surface area contributed by atoms with E-state index in [1.54, 1.807) is 6.21 Å². The van der Waals surface area contributed by atoms with E-state index in [0.717, 1.165) is 25.6 Å². The lowest BCUT2D eigenvalue weighted by molar-refractivity contribution is -0.120. The summed E-state index contributed by atoms with van der Waals surface area (Å²) in [5, 5.41) is 4.07. The molecule has 0 saturated carbocycles. The summed E-state index contributed by atoms with van der Waals surface area (Å²) in [6.45, 7) is 2.84. The smallest absolute Gasteiger partial charge is 0.244 e. The Morgan fingerprint density at radius 3 is 2.45 bits per heavy atom. The maximum atomic E-state index is 12.1. The molecule has 0 aliphatic carbocycles. The molecule has 160 valence electrons. The lowest BCUT2D eigenvalue weighted by Gasteiger charge is -2.14. The van der Waals surface area contributed by atoms with E-state index in [1.807, 2.05) is 73.7 Å². The molecule has 0 aliphatic rings. The SMILES string of the molecule is CCOc1cc(/C=N/NC(=O)Cc2ccc(Br)cc2)cc(Br)c1OCc1ccccc1. The number of nitrogens with zero attached hydrogens (tertiary/aromatic N) is 1. The highest BCUT2D eigenvalue weighted by molar-refractivity contribution is 9.10. The van der Waals surface area contributed by atoms with Crippen LogP contribution in [0.25, 0.3) is 0 Å². The molecule has 7 heteroatoms.